The van der Waals surface area contributed by atoms with Crippen LogP contribution in [0.25, 0.3) is 0 Å². The third-order valence-electron chi connectivity index (χ3n) is 1.31. The summed E-state index contributed by atoms with van der Waals surface area (Å²) in [5.74, 6) is 0.498. The fourth-order valence-corrected chi connectivity index (χ4v) is 0.722. The number of rotatable bonds is 3. The standard InChI is InChI=1S/C6H9F2N3/c7-6(8)4(9)3-5-10-1-2-11-5/h1-2,4,6H,3,9H2,(H,10,11). The maximum atomic E-state index is 11.9. The number of nitrogens with two attached hydrogens (primary N) is 1. The highest BCUT2D eigenvalue weighted by atomic mass is 19.3. The largest absolute Gasteiger partial charge is 0.349 e. The van der Waals surface area contributed by atoms with E-state index in [9.17, 15) is 8.78 Å². The molecule has 0 fully saturated rings. The molecule has 3 N–H and O–H groups in total. The first kappa shape index (κ1) is 8.13. The maximum Gasteiger partial charge on any atom is 0.253 e. The summed E-state index contributed by atoms with van der Waals surface area (Å²) in [5.41, 5.74) is 5.10. The fourth-order valence-electron chi connectivity index (χ4n) is 0.722. The second-order valence-corrected chi connectivity index (χ2v) is 2.24. The molecule has 0 aliphatic heterocycles. The van der Waals surface area contributed by atoms with Crippen molar-refractivity contribution in [1.82, 2.24) is 9.97 Å². The summed E-state index contributed by atoms with van der Waals surface area (Å²) >= 11 is 0. The summed E-state index contributed by atoms with van der Waals surface area (Å²) in [6.07, 6.45) is 0.686. The molecular formula is C6H9F2N3. The highest BCUT2D eigenvalue weighted by Crippen LogP contribution is 2.02. The Kier molecular flexibility index (Phi) is 2.53. The van der Waals surface area contributed by atoms with Crippen LogP contribution in [0.4, 0.5) is 8.78 Å². The lowest BCUT2D eigenvalue weighted by Crippen LogP contribution is -2.31. The third kappa shape index (κ3) is 2.27. The van der Waals surface area contributed by atoms with Crippen molar-refractivity contribution in [3.05, 3.63) is 18.2 Å². The van der Waals surface area contributed by atoms with E-state index in [1.807, 2.05) is 0 Å². The molecule has 1 atom stereocenters. The smallest absolute Gasteiger partial charge is 0.253 e. The van der Waals surface area contributed by atoms with Gasteiger partial charge in [-0.1, -0.05) is 0 Å². The van der Waals surface area contributed by atoms with Crippen molar-refractivity contribution in [1.29, 1.82) is 0 Å². The minimum absolute atomic E-state index is 0.0880. The Hall–Kier alpha value is -0.970. The van der Waals surface area contributed by atoms with Crippen LogP contribution in [-0.2, 0) is 6.42 Å². The van der Waals surface area contributed by atoms with Gasteiger partial charge in [-0.05, 0) is 0 Å². The Balaban J connectivity index is 2.43. The number of hydrogen-bond acceptors (Lipinski definition) is 2. The van der Waals surface area contributed by atoms with Gasteiger partial charge < -0.3 is 10.7 Å². The normalized spacial score (nSPS) is 13.8. The van der Waals surface area contributed by atoms with Crippen molar-refractivity contribution >= 4 is 0 Å². The molecule has 3 nitrogen and oxygen atoms in total. The van der Waals surface area contributed by atoms with E-state index in [4.69, 9.17) is 5.73 Å². The Morgan fingerprint density at radius 1 is 1.64 bits per heavy atom. The minimum atomic E-state index is -2.49. The Bertz CT molecular complexity index is 198. The van der Waals surface area contributed by atoms with Gasteiger partial charge in [-0.25, -0.2) is 13.8 Å². The van der Waals surface area contributed by atoms with E-state index in [2.05, 4.69) is 9.97 Å². The number of imidazole rings is 1. The van der Waals surface area contributed by atoms with E-state index in [1.165, 1.54) is 6.20 Å². The zero-order valence-corrected chi connectivity index (χ0v) is 5.80. The van der Waals surface area contributed by atoms with Crippen LogP contribution in [0.5, 0.6) is 0 Å². The molecule has 1 aromatic heterocycles. The van der Waals surface area contributed by atoms with Gasteiger partial charge in [0.1, 0.15) is 5.82 Å². The zero-order valence-electron chi connectivity index (χ0n) is 5.80. The van der Waals surface area contributed by atoms with Gasteiger partial charge in [0.05, 0.1) is 6.04 Å². The van der Waals surface area contributed by atoms with E-state index in [-0.39, 0.29) is 6.42 Å². The fraction of sp³-hybridized carbons (Fsp3) is 0.500. The molecule has 1 rings (SSSR count). The molecule has 5 heteroatoms. The van der Waals surface area contributed by atoms with Crippen molar-refractivity contribution in [2.75, 3.05) is 0 Å². The Morgan fingerprint density at radius 2 is 2.36 bits per heavy atom. The van der Waals surface area contributed by atoms with Crippen LogP contribution in [-0.4, -0.2) is 22.4 Å². The van der Waals surface area contributed by atoms with Crippen molar-refractivity contribution in [2.24, 2.45) is 5.73 Å². The number of nitrogens with zero attached hydrogens (tertiary/aromatic N) is 1. The van der Waals surface area contributed by atoms with Gasteiger partial charge in [-0.3, -0.25) is 0 Å². The molecule has 0 saturated heterocycles. The number of halogens is 2. The third-order valence-corrected chi connectivity index (χ3v) is 1.31. The molecule has 62 valence electrons. The van der Waals surface area contributed by atoms with Crippen molar-refractivity contribution in [2.45, 2.75) is 18.9 Å². The van der Waals surface area contributed by atoms with Crippen LogP contribution in [0.3, 0.4) is 0 Å². The van der Waals surface area contributed by atoms with Crippen LogP contribution in [0.15, 0.2) is 12.4 Å². The summed E-state index contributed by atoms with van der Waals surface area (Å²) in [6.45, 7) is 0. The number of alkyl halides is 2. The lowest BCUT2D eigenvalue weighted by molar-refractivity contribution is 0.115. The van der Waals surface area contributed by atoms with Crippen LogP contribution >= 0.6 is 0 Å². The average molecular weight is 161 g/mol. The molecule has 0 aliphatic carbocycles. The van der Waals surface area contributed by atoms with Gasteiger partial charge in [-0.15, -0.1) is 0 Å². The number of aromatic amines is 1. The van der Waals surface area contributed by atoms with Crippen molar-refractivity contribution < 1.29 is 8.78 Å². The lowest BCUT2D eigenvalue weighted by atomic mass is 10.2. The molecule has 0 amide bonds. The van der Waals surface area contributed by atoms with Crippen LogP contribution in [0.1, 0.15) is 5.82 Å². The SMILES string of the molecule is NC(Cc1ncc[nH]1)C(F)F. The molecule has 0 aromatic carbocycles. The van der Waals surface area contributed by atoms with Crippen LogP contribution in [0, 0.1) is 0 Å². The number of hydrogen-bond donors (Lipinski definition) is 2. The number of nitrogens with one attached hydrogen (secondary N) is 1. The van der Waals surface area contributed by atoms with E-state index >= 15 is 0 Å². The summed E-state index contributed by atoms with van der Waals surface area (Å²) in [7, 11) is 0. The average Bonchev–Trinajstić information content (AvgIpc) is 2.39. The zero-order chi connectivity index (χ0) is 8.27. The predicted octanol–water partition coefficient (Wildman–Crippen LogP) is 0.545. The lowest BCUT2D eigenvalue weighted by Gasteiger charge is -2.06. The van der Waals surface area contributed by atoms with Crippen molar-refractivity contribution in [3.63, 3.8) is 0 Å². The van der Waals surface area contributed by atoms with E-state index in [0.717, 1.165) is 0 Å². The first-order valence-electron chi connectivity index (χ1n) is 3.22. The van der Waals surface area contributed by atoms with Gasteiger partial charge in [0.15, 0.2) is 0 Å². The van der Waals surface area contributed by atoms with Crippen LogP contribution in [0.2, 0.25) is 0 Å². The summed E-state index contributed by atoms with van der Waals surface area (Å²) in [5, 5.41) is 0. The second-order valence-electron chi connectivity index (χ2n) is 2.24. The topological polar surface area (TPSA) is 54.7 Å². The summed E-state index contributed by atoms with van der Waals surface area (Å²) in [4.78, 5) is 6.47. The number of aromatic nitrogens is 2. The second kappa shape index (κ2) is 3.43. The monoisotopic (exact) mass is 161 g/mol. The minimum Gasteiger partial charge on any atom is -0.349 e. The van der Waals surface area contributed by atoms with Gasteiger partial charge in [0.25, 0.3) is 6.43 Å². The summed E-state index contributed by atoms with van der Waals surface area (Å²) in [6, 6.07) is -1.12. The van der Waals surface area contributed by atoms with Crippen LogP contribution < -0.4 is 5.73 Å². The molecular weight excluding hydrogens is 152 g/mol. The van der Waals surface area contributed by atoms with Gasteiger partial charge in [-0.2, -0.15) is 0 Å². The first-order valence-corrected chi connectivity index (χ1v) is 3.22. The van der Waals surface area contributed by atoms with E-state index < -0.39 is 12.5 Å². The highest BCUT2D eigenvalue weighted by molar-refractivity contribution is 4.90. The first-order chi connectivity index (χ1) is 5.20. The van der Waals surface area contributed by atoms with E-state index in [1.54, 1.807) is 6.20 Å². The quantitative estimate of drug-likeness (QED) is 0.680. The Labute approximate surface area is 62.6 Å². The predicted molar refractivity (Wildman–Crippen MR) is 36.3 cm³/mol. The molecule has 1 heterocycles. The summed E-state index contributed by atoms with van der Waals surface area (Å²) < 4.78 is 23.7. The van der Waals surface area contributed by atoms with E-state index in [0.29, 0.717) is 5.82 Å². The highest BCUT2D eigenvalue weighted by Gasteiger charge is 2.16. The molecule has 11 heavy (non-hydrogen) atoms. The molecule has 1 unspecified atom stereocenters. The molecule has 0 radical (unpaired) electrons. The molecule has 0 bridgehead atoms. The number of H-pyrrole nitrogens is 1. The van der Waals surface area contributed by atoms with Gasteiger partial charge in [0, 0.05) is 18.8 Å². The molecule has 1 aromatic rings. The maximum absolute atomic E-state index is 11.9. The molecule has 0 spiro atoms. The van der Waals surface area contributed by atoms with Gasteiger partial charge >= 0.3 is 0 Å². The Morgan fingerprint density at radius 3 is 2.82 bits per heavy atom. The molecule has 0 saturated carbocycles. The van der Waals surface area contributed by atoms with Crippen molar-refractivity contribution in [3.8, 4) is 0 Å². The molecule has 0 aliphatic rings. The van der Waals surface area contributed by atoms with Gasteiger partial charge in [0.2, 0.25) is 0 Å².